The van der Waals surface area contributed by atoms with Crippen molar-refractivity contribution in [3.05, 3.63) is 94.9 Å². The van der Waals surface area contributed by atoms with Crippen molar-refractivity contribution in [3.8, 4) is 11.1 Å². The number of nitrogens with zero attached hydrogens (tertiary/aromatic N) is 3. The van der Waals surface area contributed by atoms with Crippen molar-refractivity contribution in [1.29, 1.82) is 0 Å². The van der Waals surface area contributed by atoms with Crippen molar-refractivity contribution < 1.29 is 4.92 Å². The predicted octanol–water partition coefficient (Wildman–Crippen LogP) is 4.66. The zero-order valence-electron chi connectivity index (χ0n) is 13.4. The van der Waals surface area contributed by atoms with E-state index in [1.54, 1.807) is 24.4 Å². The maximum atomic E-state index is 11.2. The lowest BCUT2D eigenvalue weighted by atomic mass is 10.1. The molecule has 2 aromatic carbocycles. The van der Waals surface area contributed by atoms with Gasteiger partial charge in [0.2, 0.25) is 0 Å². The molecule has 5 nitrogen and oxygen atoms in total. The van der Waals surface area contributed by atoms with Gasteiger partial charge in [0, 0.05) is 41.3 Å². The summed E-state index contributed by atoms with van der Waals surface area (Å²) in [6.45, 7) is 0.456. The maximum absolute atomic E-state index is 11.2. The second-order valence-electron chi connectivity index (χ2n) is 5.84. The Balaban J connectivity index is 1.77. The van der Waals surface area contributed by atoms with E-state index in [1.165, 1.54) is 0 Å². The fourth-order valence-corrected chi connectivity index (χ4v) is 3.04. The van der Waals surface area contributed by atoms with Gasteiger partial charge in [0.15, 0.2) is 0 Å². The monoisotopic (exact) mass is 329 g/mol. The molecule has 0 aliphatic carbocycles. The molecule has 0 saturated carbocycles. The van der Waals surface area contributed by atoms with Crippen molar-refractivity contribution in [2.75, 3.05) is 0 Å². The van der Waals surface area contributed by atoms with Gasteiger partial charge in [-0.15, -0.1) is 0 Å². The number of fused-ring (bicyclic) bond motifs is 1. The molecular weight excluding hydrogens is 314 g/mol. The van der Waals surface area contributed by atoms with Crippen LogP contribution in [0, 0.1) is 10.1 Å². The molecule has 0 saturated heterocycles. The highest BCUT2D eigenvalue weighted by molar-refractivity contribution is 5.85. The molecular formula is C20H15N3O2. The maximum Gasteiger partial charge on any atom is 0.274 e. The van der Waals surface area contributed by atoms with E-state index in [9.17, 15) is 10.1 Å². The zero-order valence-corrected chi connectivity index (χ0v) is 13.4. The van der Waals surface area contributed by atoms with E-state index in [2.05, 4.69) is 23.2 Å². The third kappa shape index (κ3) is 2.87. The number of hydrogen-bond donors (Lipinski definition) is 0. The summed E-state index contributed by atoms with van der Waals surface area (Å²) in [6.07, 6.45) is 5.55. The first-order valence-corrected chi connectivity index (χ1v) is 7.94. The van der Waals surface area contributed by atoms with Gasteiger partial charge < -0.3 is 4.57 Å². The Morgan fingerprint density at radius 1 is 1.00 bits per heavy atom. The van der Waals surface area contributed by atoms with Crippen LogP contribution in [0.1, 0.15) is 5.56 Å². The first kappa shape index (κ1) is 15.1. The van der Waals surface area contributed by atoms with E-state index in [4.69, 9.17) is 0 Å². The lowest BCUT2D eigenvalue weighted by molar-refractivity contribution is -0.385. The van der Waals surface area contributed by atoms with E-state index >= 15 is 0 Å². The summed E-state index contributed by atoms with van der Waals surface area (Å²) < 4.78 is 2.04. The summed E-state index contributed by atoms with van der Waals surface area (Å²) in [6, 6.07) is 19.0. The molecule has 0 N–H and O–H groups in total. The molecule has 122 valence electrons. The first-order chi connectivity index (χ1) is 12.2. The van der Waals surface area contributed by atoms with Crippen molar-refractivity contribution >= 4 is 16.6 Å². The van der Waals surface area contributed by atoms with Crippen molar-refractivity contribution in [2.24, 2.45) is 0 Å². The second-order valence-corrected chi connectivity index (χ2v) is 5.84. The molecule has 25 heavy (non-hydrogen) atoms. The molecule has 2 heterocycles. The molecule has 0 radical (unpaired) electrons. The molecule has 0 spiro atoms. The van der Waals surface area contributed by atoms with Crippen LogP contribution in [0.3, 0.4) is 0 Å². The zero-order chi connectivity index (χ0) is 17.2. The van der Waals surface area contributed by atoms with Crippen LogP contribution < -0.4 is 0 Å². The molecule has 0 amide bonds. The Kier molecular flexibility index (Phi) is 3.74. The molecule has 0 atom stereocenters. The van der Waals surface area contributed by atoms with Crippen LogP contribution in [0.25, 0.3) is 22.0 Å². The average molecular weight is 329 g/mol. The van der Waals surface area contributed by atoms with Gasteiger partial charge >= 0.3 is 0 Å². The van der Waals surface area contributed by atoms with Crippen molar-refractivity contribution in [2.45, 2.75) is 6.54 Å². The number of nitro groups is 1. The summed E-state index contributed by atoms with van der Waals surface area (Å²) in [5, 5.41) is 12.3. The van der Waals surface area contributed by atoms with Crippen molar-refractivity contribution in [3.63, 3.8) is 0 Å². The molecule has 5 heteroatoms. The van der Waals surface area contributed by atoms with E-state index in [1.807, 2.05) is 41.2 Å². The van der Waals surface area contributed by atoms with Gasteiger partial charge in [-0.2, -0.15) is 0 Å². The number of hydrogen-bond acceptors (Lipinski definition) is 3. The van der Waals surface area contributed by atoms with Gasteiger partial charge in [-0.25, -0.2) is 0 Å². The largest absolute Gasteiger partial charge is 0.343 e. The third-order valence-electron chi connectivity index (χ3n) is 4.30. The number of pyridine rings is 1. The normalized spacial score (nSPS) is 10.9. The second kappa shape index (κ2) is 6.20. The number of rotatable bonds is 4. The van der Waals surface area contributed by atoms with Gasteiger partial charge in [-0.05, 0) is 29.1 Å². The fraction of sp³-hybridized carbons (Fsp3) is 0.0500. The Labute approximate surface area is 144 Å². The Hall–Kier alpha value is -3.47. The Bertz CT molecular complexity index is 1050. The highest BCUT2D eigenvalue weighted by Gasteiger charge is 2.13. The molecule has 0 fully saturated rings. The number of nitro benzene ring substituents is 1. The molecule has 0 aliphatic heterocycles. The van der Waals surface area contributed by atoms with Crippen LogP contribution in [0.15, 0.2) is 79.3 Å². The van der Waals surface area contributed by atoms with E-state index in [-0.39, 0.29) is 10.6 Å². The molecule has 4 aromatic rings. The fourth-order valence-electron chi connectivity index (χ4n) is 3.04. The van der Waals surface area contributed by atoms with Crippen LogP contribution in [-0.2, 0) is 6.54 Å². The van der Waals surface area contributed by atoms with Gasteiger partial charge in [-0.1, -0.05) is 36.4 Å². The predicted molar refractivity (Wildman–Crippen MR) is 97.4 cm³/mol. The molecule has 4 rings (SSSR count). The SMILES string of the molecule is O=[N+]([O-])c1ccccc1Cn1ccc2ccc(-c3cccnc3)cc21. The molecule has 2 aromatic heterocycles. The van der Waals surface area contributed by atoms with Crippen LogP contribution in [0.2, 0.25) is 0 Å². The van der Waals surface area contributed by atoms with Crippen molar-refractivity contribution in [1.82, 2.24) is 9.55 Å². The quantitative estimate of drug-likeness (QED) is 0.404. The lowest BCUT2D eigenvalue weighted by Gasteiger charge is -2.08. The molecule has 0 bridgehead atoms. The Morgan fingerprint density at radius 3 is 2.68 bits per heavy atom. The van der Waals surface area contributed by atoms with Gasteiger partial charge in [-0.3, -0.25) is 15.1 Å². The Morgan fingerprint density at radius 2 is 1.88 bits per heavy atom. The van der Waals surface area contributed by atoms with E-state index < -0.39 is 0 Å². The lowest BCUT2D eigenvalue weighted by Crippen LogP contribution is -2.02. The summed E-state index contributed by atoms with van der Waals surface area (Å²) >= 11 is 0. The van der Waals surface area contributed by atoms with Gasteiger partial charge in [0.1, 0.15) is 0 Å². The molecule has 0 unspecified atom stereocenters. The summed E-state index contributed by atoms with van der Waals surface area (Å²) in [7, 11) is 0. The minimum Gasteiger partial charge on any atom is -0.343 e. The standard InChI is InChI=1S/C20H15N3O2/c24-23(25)19-6-2-1-4-18(19)14-22-11-9-15-7-8-16(12-20(15)22)17-5-3-10-21-13-17/h1-13H,14H2. The van der Waals surface area contributed by atoms with E-state index in [0.717, 1.165) is 22.0 Å². The number of para-hydroxylation sites is 1. The molecule has 0 aliphatic rings. The van der Waals surface area contributed by atoms with Gasteiger partial charge in [0.25, 0.3) is 5.69 Å². The number of benzene rings is 2. The van der Waals surface area contributed by atoms with Crippen LogP contribution in [0.4, 0.5) is 5.69 Å². The van der Waals surface area contributed by atoms with Crippen LogP contribution in [-0.4, -0.2) is 14.5 Å². The highest BCUT2D eigenvalue weighted by Crippen LogP contribution is 2.26. The number of aromatic nitrogens is 2. The smallest absolute Gasteiger partial charge is 0.274 e. The highest BCUT2D eigenvalue weighted by atomic mass is 16.6. The summed E-state index contributed by atoms with van der Waals surface area (Å²) in [5.74, 6) is 0. The summed E-state index contributed by atoms with van der Waals surface area (Å²) in [4.78, 5) is 15.1. The minimum absolute atomic E-state index is 0.146. The first-order valence-electron chi connectivity index (χ1n) is 7.94. The summed E-state index contributed by atoms with van der Waals surface area (Å²) in [5.41, 5.74) is 4.00. The van der Waals surface area contributed by atoms with Crippen LogP contribution in [0.5, 0.6) is 0 Å². The minimum atomic E-state index is -0.331. The van der Waals surface area contributed by atoms with Gasteiger partial charge in [0.05, 0.1) is 11.5 Å². The topological polar surface area (TPSA) is 61.0 Å². The van der Waals surface area contributed by atoms with Crippen LogP contribution >= 0.6 is 0 Å². The van der Waals surface area contributed by atoms with E-state index in [0.29, 0.717) is 12.1 Å². The average Bonchev–Trinajstić information content (AvgIpc) is 3.05. The third-order valence-corrected chi connectivity index (χ3v) is 4.30.